The molecule has 4 heteroatoms. The lowest BCUT2D eigenvalue weighted by Crippen LogP contribution is -2.12. The van der Waals surface area contributed by atoms with E-state index in [-0.39, 0.29) is 5.91 Å². The number of carbonyl (C=O) groups is 1. The number of hydrogen-bond acceptors (Lipinski definition) is 2. The molecule has 0 saturated carbocycles. The smallest absolute Gasteiger partial charge is 0.224 e. The monoisotopic (exact) mass is 303 g/mol. The molecule has 1 N–H and O–H groups in total. The van der Waals surface area contributed by atoms with Crippen LogP contribution in [0, 0.1) is 6.92 Å². The highest BCUT2D eigenvalue weighted by Crippen LogP contribution is 2.23. The fourth-order valence-corrected chi connectivity index (χ4v) is 2.27. The number of methoxy groups -OCH3 is 1. The molecule has 3 nitrogen and oxygen atoms in total. The van der Waals surface area contributed by atoms with E-state index in [4.69, 9.17) is 16.3 Å². The van der Waals surface area contributed by atoms with Gasteiger partial charge < -0.3 is 10.1 Å². The van der Waals surface area contributed by atoms with Crippen LogP contribution in [0.4, 0.5) is 5.69 Å². The second-order valence-electron chi connectivity index (χ2n) is 4.88. The van der Waals surface area contributed by atoms with Crippen LogP contribution in [-0.2, 0) is 11.2 Å². The fourth-order valence-electron chi connectivity index (χ4n) is 1.98. The average molecular weight is 304 g/mol. The average Bonchev–Trinajstić information content (AvgIpc) is 2.48. The van der Waals surface area contributed by atoms with Gasteiger partial charge in [-0.25, -0.2) is 0 Å². The highest BCUT2D eigenvalue weighted by atomic mass is 35.5. The first-order valence-corrected chi connectivity index (χ1v) is 7.15. The first-order chi connectivity index (χ1) is 10.1. The third kappa shape index (κ3) is 4.50. The van der Waals surface area contributed by atoms with Crippen LogP contribution >= 0.6 is 11.6 Å². The summed E-state index contributed by atoms with van der Waals surface area (Å²) in [5.74, 6) is 0.770. The minimum Gasteiger partial charge on any atom is -0.497 e. The Morgan fingerprint density at radius 3 is 2.52 bits per heavy atom. The molecule has 0 spiro atoms. The van der Waals surface area contributed by atoms with Crippen molar-refractivity contribution in [3.8, 4) is 5.75 Å². The third-order valence-electron chi connectivity index (χ3n) is 3.20. The molecule has 0 fully saturated rings. The van der Waals surface area contributed by atoms with Crippen molar-refractivity contribution in [2.75, 3.05) is 12.4 Å². The summed E-state index contributed by atoms with van der Waals surface area (Å²) in [6, 6.07) is 13.3. The maximum absolute atomic E-state index is 12.0. The molecule has 2 aromatic carbocycles. The zero-order chi connectivity index (χ0) is 15.2. The van der Waals surface area contributed by atoms with Crippen LogP contribution in [0.25, 0.3) is 0 Å². The van der Waals surface area contributed by atoms with E-state index in [9.17, 15) is 4.79 Å². The molecule has 0 aromatic heterocycles. The summed E-state index contributed by atoms with van der Waals surface area (Å²) in [5, 5.41) is 3.40. The molecule has 0 atom stereocenters. The van der Waals surface area contributed by atoms with E-state index in [0.717, 1.165) is 16.9 Å². The van der Waals surface area contributed by atoms with Crippen LogP contribution in [0.2, 0.25) is 5.02 Å². The van der Waals surface area contributed by atoms with E-state index < -0.39 is 0 Å². The first-order valence-electron chi connectivity index (χ1n) is 6.77. The highest BCUT2D eigenvalue weighted by molar-refractivity contribution is 6.33. The Morgan fingerprint density at radius 1 is 1.19 bits per heavy atom. The van der Waals surface area contributed by atoms with Gasteiger partial charge >= 0.3 is 0 Å². The Kier molecular flexibility index (Phi) is 5.23. The minimum absolute atomic E-state index is 0.0448. The summed E-state index contributed by atoms with van der Waals surface area (Å²) in [6.45, 7) is 1.96. The van der Waals surface area contributed by atoms with Crippen molar-refractivity contribution in [2.24, 2.45) is 0 Å². The van der Waals surface area contributed by atoms with Gasteiger partial charge in [-0.3, -0.25) is 4.79 Å². The molecule has 110 valence electrons. The van der Waals surface area contributed by atoms with E-state index in [1.165, 1.54) is 0 Å². The van der Waals surface area contributed by atoms with E-state index in [1.807, 2.05) is 49.4 Å². The minimum atomic E-state index is -0.0448. The number of nitrogens with one attached hydrogen (secondary N) is 1. The molecule has 0 radical (unpaired) electrons. The van der Waals surface area contributed by atoms with Gasteiger partial charge in [-0.15, -0.1) is 0 Å². The first kappa shape index (κ1) is 15.4. The lowest BCUT2D eigenvalue weighted by atomic mass is 10.1. The standard InChI is InChI=1S/C17H18ClNO2/c1-12-3-9-16(15(18)11-12)19-17(20)10-6-13-4-7-14(21-2)8-5-13/h3-5,7-9,11H,6,10H2,1-2H3,(H,19,20). The summed E-state index contributed by atoms with van der Waals surface area (Å²) < 4.78 is 5.10. The van der Waals surface area contributed by atoms with Gasteiger partial charge in [0.15, 0.2) is 0 Å². The molecule has 0 aliphatic rings. The topological polar surface area (TPSA) is 38.3 Å². The van der Waals surface area contributed by atoms with E-state index >= 15 is 0 Å². The number of benzene rings is 2. The van der Waals surface area contributed by atoms with Crippen molar-refractivity contribution in [3.63, 3.8) is 0 Å². The Balaban J connectivity index is 1.89. The lowest BCUT2D eigenvalue weighted by Gasteiger charge is -2.08. The van der Waals surface area contributed by atoms with Gasteiger partial charge in [0.2, 0.25) is 5.91 Å². The molecule has 0 heterocycles. The van der Waals surface area contributed by atoms with Crippen molar-refractivity contribution < 1.29 is 9.53 Å². The van der Waals surface area contributed by atoms with Gasteiger partial charge in [0, 0.05) is 6.42 Å². The molecule has 21 heavy (non-hydrogen) atoms. The second-order valence-corrected chi connectivity index (χ2v) is 5.29. The summed E-state index contributed by atoms with van der Waals surface area (Å²) in [4.78, 5) is 12.0. The van der Waals surface area contributed by atoms with Crippen LogP contribution in [-0.4, -0.2) is 13.0 Å². The Bertz CT molecular complexity index is 623. The predicted octanol–water partition coefficient (Wildman–Crippen LogP) is 4.23. The van der Waals surface area contributed by atoms with Crippen LogP contribution in [0.1, 0.15) is 17.5 Å². The van der Waals surface area contributed by atoms with Crippen molar-refractivity contribution in [2.45, 2.75) is 19.8 Å². The summed E-state index contributed by atoms with van der Waals surface area (Å²) in [6.07, 6.45) is 1.09. The highest BCUT2D eigenvalue weighted by Gasteiger charge is 2.06. The number of aryl methyl sites for hydroxylation is 2. The Labute approximate surface area is 129 Å². The predicted molar refractivity (Wildman–Crippen MR) is 86.1 cm³/mol. The molecule has 0 aliphatic carbocycles. The maximum atomic E-state index is 12.0. The summed E-state index contributed by atoms with van der Waals surface area (Å²) in [5.41, 5.74) is 2.82. The van der Waals surface area contributed by atoms with Crippen molar-refractivity contribution in [1.29, 1.82) is 0 Å². The largest absolute Gasteiger partial charge is 0.497 e. The van der Waals surface area contributed by atoms with Gasteiger partial charge in [0.05, 0.1) is 17.8 Å². The molecular weight excluding hydrogens is 286 g/mol. The molecule has 0 aliphatic heterocycles. The molecule has 2 aromatic rings. The Hall–Kier alpha value is -2.00. The molecule has 0 unspecified atom stereocenters. The Morgan fingerprint density at radius 2 is 1.90 bits per heavy atom. The van der Waals surface area contributed by atoms with Crippen molar-refractivity contribution in [1.82, 2.24) is 0 Å². The summed E-state index contributed by atoms with van der Waals surface area (Å²) >= 11 is 6.10. The van der Waals surface area contributed by atoms with Crippen LogP contribution in [0.3, 0.4) is 0 Å². The van der Waals surface area contributed by atoms with E-state index in [0.29, 0.717) is 23.6 Å². The normalized spacial score (nSPS) is 10.2. The van der Waals surface area contributed by atoms with Gasteiger partial charge in [0.1, 0.15) is 5.75 Å². The zero-order valence-corrected chi connectivity index (χ0v) is 12.9. The van der Waals surface area contributed by atoms with Gasteiger partial charge in [0.25, 0.3) is 0 Å². The maximum Gasteiger partial charge on any atom is 0.224 e. The van der Waals surface area contributed by atoms with Crippen LogP contribution in [0.15, 0.2) is 42.5 Å². The second kappa shape index (κ2) is 7.14. The van der Waals surface area contributed by atoms with Crippen molar-refractivity contribution >= 4 is 23.2 Å². The SMILES string of the molecule is COc1ccc(CCC(=O)Nc2ccc(C)cc2Cl)cc1. The number of carbonyl (C=O) groups excluding carboxylic acids is 1. The number of hydrogen-bond donors (Lipinski definition) is 1. The number of halogens is 1. The number of amides is 1. The number of anilines is 1. The summed E-state index contributed by atoms with van der Waals surface area (Å²) in [7, 11) is 1.63. The zero-order valence-electron chi connectivity index (χ0n) is 12.2. The quantitative estimate of drug-likeness (QED) is 0.897. The van der Waals surface area contributed by atoms with E-state index in [1.54, 1.807) is 7.11 Å². The van der Waals surface area contributed by atoms with Gasteiger partial charge in [-0.2, -0.15) is 0 Å². The molecular formula is C17H18ClNO2. The van der Waals surface area contributed by atoms with Crippen LogP contribution in [0.5, 0.6) is 5.75 Å². The van der Waals surface area contributed by atoms with E-state index in [2.05, 4.69) is 5.32 Å². The number of ether oxygens (including phenoxy) is 1. The molecule has 0 bridgehead atoms. The molecule has 0 saturated heterocycles. The van der Waals surface area contributed by atoms with Crippen molar-refractivity contribution in [3.05, 3.63) is 58.6 Å². The lowest BCUT2D eigenvalue weighted by molar-refractivity contribution is -0.116. The number of rotatable bonds is 5. The van der Waals surface area contributed by atoms with Gasteiger partial charge in [-0.1, -0.05) is 29.8 Å². The molecule has 2 rings (SSSR count). The third-order valence-corrected chi connectivity index (χ3v) is 3.51. The van der Waals surface area contributed by atoms with Crippen LogP contribution < -0.4 is 10.1 Å². The molecule has 1 amide bonds. The fraction of sp³-hybridized carbons (Fsp3) is 0.235. The van der Waals surface area contributed by atoms with Gasteiger partial charge in [-0.05, 0) is 48.7 Å².